The van der Waals surface area contributed by atoms with Gasteiger partial charge in [0.25, 0.3) is 0 Å². The molecule has 0 heterocycles. The second-order valence-electron chi connectivity index (χ2n) is 4.81. The Balaban J connectivity index is 2.41. The first kappa shape index (κ1) is 9.84. The van der Waals surface area contributed by atoms with E-state index in [1.807, 2.05) is 6.92 Å². The minimum Gasteiger partial charge on any atom is -0.388 e. The van der Waals surface area contributed by atoms with Crippen LogP contribution in [0.3, 0.4) is 0 Å². The summed E-state index contributed by atoms with van der Waals surface area (Å²) >= 11 is 0. The van der Waals surface area contributed by atoms with Crippen molar-refractivity contribution in [2.75, 3.05) is 0 Å². The molecule has 0 radical (unpaired) electrons. The molecule has 2 fully saturated rings. The van der Waals surface area contributed by atoms with Gasteiger partial charge < -0.3 is 9.90 Å². The van der Waals surface area contributed by atoms with Gasteiger partial charge in [0.15, 0.2) is 0 Å². The summed E-state index contributed by atoms with van der Waals surface area (Å²) in [4.78, 5) is 22.6. The number of carbonyl (C=O) groups excluding carboxylic acids is 2. The maximum absolute atomic E-state index is 11.7. The van der Waals surface area contributed by atoms with Gasteiger partial charge in [-0.1, -0.05) is 6.42 Å². The molecular weight excluding hydrogens is 180 g/mol. The minimum absolute atomic E-state index is 0.131. The van der Waals surface area contributed by atoms with Crippen molar-refractivity contribution in [2.45, 2.75) is 44.6 Å². The molecule has 0 aliphatic heterocycles. The number of rotatable bonds is 1. The molecule has 3 atom stereocenters. The molecule has 2 aliphatic rings. The third-order valence-corrected chi connectivity index (χ3v) is 4.27. The molecule has 14 heavy (non-hydrogen) atoms. The van der Waals surface area contributed by atoms with Crippen LogP contribution in [0.25, 0.3) is 0 Å². The van der Waals surface area contributed by atoms with Crippen LogP contribution >= 0.6 is 0 Å². The smallest absolute Gasteiger partial charge is 0.141 e. The lowest BCUT2D eigenvalue weighted by molar-refractivity contribution is -0.155. The third-order valence-electron chi connectivity index (χ3n) is 4.27. The zero-order chi connectivity index (χ0) is 10.4. The van der Waals surface area contributed by atoms with Crippen LogP contribution in [0, 0.1) is 11.3 Å². The van der Waals surface area contributed by atoms with Gasteiger partial charge in [-0.05, 0) is 26.2 Å². The Morgan fingerprint density at radius 2 is 2.21 bits per heavy atom. The average molecular weight is 196 g/mol. The Morgan fingerprint density at radius 3 is 2.86 bits per heavy atom. The molecule has 0 amide bonds. The fourth-order valence-electron chi connectivity index (χ4n) is 3.14. The first-order chi connectivity index (χ1) is 6.54. The Labute approximate surface area is 83.5 Å². The Morgan fingerprint density at radius 1 is 1.50 bits per heavy atom. The van der Waals surface area contributed by atoms with Gasteiger partial charge in [-0.2, -0.15) is 0 Å². The zero-order valence-corrected chi connectivity index (χ0v) is 8.45. The molecule has 2 saturated carbocycles. The molecule has 78 valence electrons. The Bertz CT molecular complexity index is 286. The van der Waals surface area contributed by atoms with Gasteiger partial charge in [-0.25, -0.2) is 0 Å². The highest BCUT2D eigenvalue weighted by Gasteiger charge is 2.61. The third kappa shape index (κ3) is 0.962. The van der Waals surface area contributed by atoms with E-state index in [0.717, 1.165) is 25.5 Å². The fourth-order valence-corrected chi connectivity index (χ4v) is 3.14. The van der Waals surface area contributed by atoms with Crippen molar-refractivity contribution in [3.63, 3.8) is 0 Å². The molecule has 0 aromatic carbocycles. The van der Waals surface area contributed by atoms with Crippen LogP contribution in [0.1, 0.15) is 39.0 Å². The summed E-state index contributed by atoms with van der Waals surface area (Å²) in [6, 6.07) is 0. The maximum atomic E-state index is 11.7. The zero-order valence-electron chi connectivity index (χ0n) is 8.45. The number of hydrogen-bond acceptors (Lipinski definition) is 3. The summed E-state index contributed by atoms with van der Waals surface area (Å²) in [7, 11) is 0. The van der Waals surface area contributed by atoms with Crippen molar-refractivity contribution < 1.29 is 14.7 Å². The van der Waals surface area contributed by atoms with Crippen molar-refractivity contribution in [1.29, 1.82) is 0 Å². The first-order valence-electron chi connectivity index (χ1n) is 5.25. The van der Waals surface area contributed by atoms with E-state index in [1.165, 1.54) is 0 Å². The number of hydrogen-bond donors (Lipinski definition) is 1. The topological polar surface area (TPSA) is 54.4 Å². The van der Waals surface area contributed by atoms with E-state index in [0.29, 0.717) is 12.8 Å². The molecule has 2 aliphatic carbocycles. The van der Waals surface area contributed by atoms with Crippen LogP contribution in [-0.4, -0.2) is 22.8 Å². The number of fused-ring (bicyclic) bond motifs is 1. The van der Waals surface area contributed by atoms with Crippen LogP contribution in [-0.2, 0) is 9.59 Å². The predicted molar refractivity (Wildman–Crippen MR) is 50.7 cm³/mol. The standard InChI is InChI=1S/C11H16O3/c1-10-5-2-3-8(7-12)11(10,14)6-4-9(10)13/h7-8,14H,2-6H2,1H3/t8?,10-,11+/m1/s1. The second kappa shape index (κ2) is 2.89. The molecule has 0 spiro atoms. The maximum Gasteiger partial charge on any atom is 0.141 e. The summed E-state index contributed by atoms with van der Waals surface area (Å²) in [6.07, 6.45) is 4.04. The summed E-state index contributed by atoms with van der Waals surface area (Å²) in [6.45, 7) is 1.82. The molecule has 2 rings (SSSR count). The van der Waals surface area contributed by atoms with E-state index in [2.05, 4.69) is 0 Å². The lowest BCUT2D eigenvalue weighted by Crippen LogP contribution is -2.54. The number of aliphatic hydroxyl groups is 1. The van der Waals surface area contributed by atoms with Crippen molar-refractivity contribution in [1.82, 2.24) is 0 Å². The number of ketones is 1. The average Bonchev–Trinajstić information content (AvgIpc) is 2.40. The SMILES string of the molecule is C[C@]12CCCC(C=O)[C@@]1(O)CCC2=O. The van der Waals surface area contributed by atoms with Crippen LogP contribution in [0.2, 0.25) is 0 Å². The predicted octanol–water partition coefficient (Wildman–Crippen LogP) is 1.09. The van der Waals surface area contributed by atoms with Gasteiger partial charge >= 0.3 is 0 Å². The van der Waals surface area contributed by atoms with Gasteiger partial charge in [0.1, 0.15) is 12.1 Å². The van der Waals surface area contributed by atoms with E-state index in [9.17, 15) is 14.7 Å². The van der Waals surface area contributed by atoms with Gasteiger partial charge in [-0.3, -0.25) is 4.79 Å². The van der Waals surface area contributed by atoms with Gasteiger partial charge in [-0.15, -0.1) is 0 Å². The van der Waals surface area contributed by atoms with E-state index in [1.54, 1.807) is 0 Å². The normalized spacial score (nSPS) is 47.6. The van der Waals surface area contributed by atoms with E-state index in [4.69, 9.17) is 0 Å². The molecule has 0 aromatic heterocycles. The first-order valence-corrected chi connectivity index (χ1v) is 5.25. The van der Waals surface area contributed by atoms with Crippen LogP contribution < -0.4 is 0 Å². The van der Waals surface area contributed by atoms with Crippen molar-refractivity contribution in [3.8, 4) is 0 Å². The van der Waals surface area contributed by atoms with Crippen LogP contribution in [0.15, 0.2) is 0 Å². The summed E-state index contributed by atoms with van der Waals surface area (Å²) in [5, 5.41) is 10.4. The summed E-state index contributed by atoms with van der Waals surface area (Å²) in [5.41, 5.74) is -1.71. The fraction of sp³-hybridized carbons (Fsp3) is 0.818. The number of Topliss-reactive ketones (excluding diaryl/α,β-unsaturated/α-hetero) is 1. The molecule has 3 heteroatoms. The lowest BCUT2D eigenvalue weighted by atomic mass is 9.61. The van der Waals surface area contributed by atoms with Gasteiger partial charge in [0.05, 0.1) is 11.0 Å². The molecule has 1 N–H and O–H groups in total. The highest BCUT2D eigenvalue weighted by Crippen LogP contribution is 2.54. The number of carbonyl (C=O) groups is 2. The van der Waals surface area contributed by atoms with Crippen molar-refractivity contribution >= 4 is 12.1 Å². The van der Waals surface area contributed by atoms with Crippen LogP contribution in [0.4, 0.5) is 0 Å². The van der Waals surface area contributed by atoms with Crippen molar-refractivity contribution in [2.24, 2.45) is 11.3 Å². The van der Waals surface area contributed by atoms with Crippen molar-refractivity contribution in [3.05, 3.63) is 0 Å². The van der Waals surface area contributed by atoms with E-state index >= 15 is 0 Å². The molecule has 0 aromatic rings. The highest BCUT2D eigenvalue weighted by molar-refractivity contribution is 5.89. The summed E-state index contributed by atoms with van der Waals surface area (Å²) in [5.74, 6) is -0.209. The van der Waals surface area contributed by atoms with Gasteiger partial charge in [0.2, 0.25) is 0 Å². The monoisotopic (exact) mass is 196 g/mol. The quantitative estimate of drug-likeness (QED) is 0.638. The molecule has 3 nitrogen and oxygen atoms in total. The summed E-state index contributed by atoms with van der Waals surface area (Å²) < 4.78 is 0. The van der Waals surface area contributed by atoms with Crippen LogP contribution in [0.5, 0.6) is 0 Å². The molecule has 1 unspecified atom stereocenters. The molecule has 0 saturated heterocycles. The Hall–Kier alpha value is -0.700. The van der Waals surface area contributed by atoms with Gasteiger partial charge in [0, 0.05) is 12.3 Å². The highest BCUT2D eigenvalue weighted by atomic mass is 16.3. The minimum atomic E-state index is -1.05. The van der Waals surface area contributed by atoms with E-state index < -0.39 is 11.0 Å². The molecule has 0 bridgehead atoms. The largest absolute Gasteiger partial charge is 0.388 e. The Kier molecular flexibility index (Phi) is 2.03. The lowest BCUT2D eigenvalue weighted by Gasteiger charge is -2.45. The van der Waals surface area contributed by atoms with E-state index in [-0.39, 0.29) is 11.7 Å². The second-order valence-corrected chi connectivity index (χ2v) is 4.81. The molecular formula is C11H16O3. The number of aldehydes is 1.